The van der Waals surface area contributed by atoms with Gasteiger partial charge >= 0.3 is 0 Å². The zero-order valence-corrected chi connectivity index (χ0v) is 14.1. The highest BCUT2D eigenvalue weighted by atomic mass is 32.1. The summed E-state index contributed by atoms with van der Waals surface area (Å²) in [6.45, 7) is 10.8. The maximum atomic E-state index is 4.66. The van der Waals surface area contributed by atoms with Crippen LogP contribution < -0.4 is 5.32 Å². The van der Waals surface area contributed by atoms with Crippen molar-refractivity contribution in [2.24, 2.45) is 5.92 Å². The van der Waals surface area contributed by atoms with Crippen molar-refractivity contribution in [3.8, 4) is 10.7 Å². The van der Waals surface area contributed by atoms with Gasteiger partial charge in [0.1, 0.15) is 0 Å². The molecule has 0 saturated carbocycles. The summed E-state index contributed by atoms with van der Waals surface area (Å²) in [5, 5.41) is 3.48. The third-order valence-corrected chi connectivity index (χ3v) is 4.31. The Bertz CT molecular complexity index is 543. The van der Waals surface area contributed by atoms with Crippen LogP contribution in [0.1, 0.15) is 37.2 Å². The minimum atomic E-state index is 0.590. The molecule has 2 aromatic rings. The summed E-state index contributed by atoms with van der Waals surface area (Å²) in [6, 6.07) is 0. The van der Waals surface area contributed by atoms with Crippen molar-refractivity contribution in [1.82, 2.24) is 20.3 Å². The molecule has 0 amide bonds. The largest absolute Gasteiger partial charge is 0.316 e. The fourth-order valence-corrected chi connectivity index (χ4v) is 2.97. The molecule has 1 unspecified atom stereocenters. The number of hydrogen-bond donors (Lipinski definition) is 1. The molecule has 4 nitrogen and oxygen atoms in total. The zero-order valence-electron chi connectivity index (χ0n) is 13.3. The number of nitrogens with one attached hydrogen (secondary N) is 1. The average molecular weight is 304 g/mol. The molecule has 2 rings (SSSR count). The molecule has 0 bridgehead atoms. The third kappa shape index (κ3) is 4.32. The molecule has 1 N–H and O–H groups in total. The summed E-state index contributed by atoms with van der Waals surface area (Å²) in [5.41, 5.74) is 5.29. The molecule has 2 heterocycles. The lowest BCUT2D eigenvalue weighted by atomic mass is 9.98. The standard InChI is InChI=1S/C16H24N4S/c1-5-6-17-8-11(2)7-14-12(3)19-16(20-13(14)4)15-9-18-10-21-15/h9-11,17H,5-8H2,1-4H3. The van der Waals surface area contributed by atoms with Gasteiger partial charge in [-0.1, -0.05) is 13.8 Å². The molecule has 0 aliphatic carbocycles. The van der Waals surface area contributed by atoms with Crippen molar-refractivity contribution < 1.29 is 0 Å². The molecule has 0 spiro atoms. The van der Waals surface area contributed by atoms with Crippen LogP contribution in [-0.4, -0.2) is 28.0 Å². The predicted molar refractivity (Wildman–Crippen MR) is 88.6 cm³/mol. The number of aromatic nitrogens is 3. The fraction of sp³-hybridized carbons (Fsp3) is 0.562. The van der Waals surface area contributed by atoms with E-state index in [4.69, 9.17) is 0 Å². The summed E-state index contributed by atoms with van der Waals surface area (Å²) in [6.07, 6.45) is 4.03. The van der Waals surface area contributed by atoms with Crippen LogP contribution in [0.25, 0.3) is 10.7 Å². The molecule has 5 heteroatoms. The predicted octanol–water partition coefficient (Wildman–Crippen LogP) is 3.40. The number of nitrogens with zero attached hydrogens (tertiary/aromatic N) is 3. The summed E-state index contributed by atoms with van der Waals surface area (Å²) >= 11 is 1.58. The smallest absolute Gasteiger partial charge is 0.171 e. The lowest BCUT2D eigenvalue weighted by molar-refractivity contribution is 0.507. The molecule has 0 aromatic carbocycles. The van der Waals surface area contributed by atoms with Crippen LogP contribution in [0.4, 0.5) is 0 Å². The van der Waals surface area contributed by atoms with E-state index in [2.05, 4.69) is 48.0 Å². The van der Waals surface area contributed by atoms with Gasteiger partial charge in [-0.3, -0.25) is 4.98 Å². The van der Waals surface area contributed by atoms with Crippen molar-refractivity contribution in [3.05, 3.63) is 28.7 Å². The van der Waals surface area contributed by atoms with Gasteiger partial charge in [0, 0.05) is 17.6 Å². The van der Waals surface area contributed by atoms with Gasteiger partial charge in [-0.2, -0.15) is 0 Å². The summed E-state index contributed by atoms with van der Waals surface area (Å²) in [4.78, 5) is 14.5. The summed E-state index contributed by atoms with van der Waals surface area (Å²) in [5.74, 6) is 1.39. The Morgan fingerprint density at radius 2 is 1.95 bits per heavy atom. The van der Waals surface area contributed by atoms with Crippen molar-refractivity contribution in [2.75, 3.05) is 13.1 Å². The summed E-state index contributed by atoms with van der Waals surface area (Å²) in [7, 11) is 0. The minimum Gasteiger partial charge on any atom is -0.316 e. The second-order valence-corrected chi connectivity index (χ2v) is 6.46. The first kappa shape index (κ1) is 16.0. The monoisotopic (exact) mass is 304 g/mol. The van der Waals surface area contributed by atoms with E-state index >= 15 is 0 Å². The quantitative estimate of drug-likeness (QED) is 0.797. The lowest BCUT2D eigenvalue weighted by Gasteiger charge is -2.16. The Morgan fingerprint density at radius 3 is 2.52 bits per heavy atom. The Morgan fingerprint density at radius 1 is 1.24 bits per heavy atom. The van der Waals surface area contributed by atoms with Gasteiger partial charge in [-0.05, 0) is 51.3 Å². The molecule has 21 heavy (non-hydrogen) atoms. The first-order valence-corrected chi connectivity index (χ1v) is 8.43. The highest BCUT2D eigenvalue weighted by Crippen LogP contribution is 2.23. The molecule has 1 atom stereocenters. The van der Waals surface area contributed by atoms with E-state index in [1.807, 2.05) is 11.7 Å². The van der Waals surface area contributed by atoms with E-state index in [0.29, 0.717) is 5.92 Å². The van der Waals surface area contributed by atoms with Crippen molar-refractivity contribution in [2.45, 2.75) is 40.5 Å². The van der Waals surface area contributed by atoms with Gasteiger partial charge in [0.2, 0.25) is 0 Å². The molecule has 0 aliphatic heterocycles. The van der Waals surface area contributed by atoms with Gasteiger partial charge in [0.15, 0.2) is 5.82 Å². The number of thiazole rings is 1. The van der Waals surface area contributed by atoms with Crippen LogP contribution in [0.3, 0.4) is 0 Å². The van der Waals surface area contributed by atoms with E-state index in [1.165, 1.54) is 12.0 Å². The Hall–Kier alpha value is -1.33. The number of aryl methyl sites for hydroxylation is 2. The Kier molecular flexibility index (Phi) is 5.82. The highest BCUT2D eigenvalue weighted by molar-refractivity contribution is 7.13. The van der Waals surface area contributed by atoms with Crippen LogP contribution in [0.5, 0.6) is 0 Å². The van der Waals surface area contributed by atoms with Gasteiger partial charge in [-0.15, -0.1) is 11.3 Å². The van der Waals surface area contributed by atoms with E-state index in [-0.39, 0.29) is 0 Å². The normalized spacial score (nSPS) is 12.6. The maximum absolute atomic E-state index is 4.66. The molecule has 114 valence electrons. The van der Waals surface area contributed by atoms with Gasteiger partial charge in [0.25, 0.3) is 0 Å². The number of rotatable bonds is 7. The van der Waals surface area contributed by atoms with Crippen molar-refractivity contribution in [1.29, 1.82) is 0 Å². The Balaban J connectivity index is 2.10. The molecule has 0 radical (unpaired) electrons. The molecule has 0 aliphatic rings. The third-order valence-electron chi connectivity index (χ3n) is 3.55. The molecular weight excluding hydrogens is 280 g/mol. The SMILES string of the molecule is CCCNCC(C)Cc1c(C)nc(-c2cncs2)nc1C. The van der Waals surface area contributed by atoms with Crippen LogP contribution in [0, 0.1) is 19.8 Å². The van der Waals surface area contributed by atoms with E-state index in [9.17, 15) is 0 Å². The first-order chi connectivity index (χ1) is 10.1. The van der Waals surface area contributed by atoms with Gasteiger partial charge in [-0.25, -0.2) is 9.97 Å². The molecule has 0 fully saturated rings. The molecule has 2 aromatic heterocycles. The van der Waals surface area contributed by atoms with Gasteiger partial charge in [0.05, 0.1) is 10.4 Å². The second kappa shape index (κ2) is 7.61. The van der Waals surface area contributed by atoms with Crippen LogP contribution in [0.15, 0.2) is 11.7 Å². The summed E-state index contributed by atoms with van der Waals surface area (Å²) < 4.78 is 0. The second-order valence-electron chi connectivity index (χ2n) is 5.58. The van der Waals surface area contributed by atoms with Crippen LogP contribution in [0.2, 0.25) is 0 Å². The Labute approximate surface area is 131 Å². The van der Waals surface area contributed by atoms with Crippen molar-refractivity contribution >= 4 is 11.3 Å². The van der Waals surface area contributed by atoms with Crippen molar-refractivity contribution in [3.63, 3.8) is 0 Å². The van der Waals surface area contributed by atoms with Crippen LogP contribution in [-0.2, 0) is 6.42 Å². The highest BCUT2D eigenvalue weighted by Gasteiger charge is 2.13. The van der Waals surface area contributed by atoms with E-state index in [1.54, 1.807) is 11.3 Å². The maximum Gasteiger partial charge on any atom is 0.171 e. The van der Waals surface area contributed by atoms with E-state index in [0.717, 1.165) is 41.6 Å². The van der Waals surface area contributed by atoms with E-state index < -0.39 is 0 Å². The minimum absolute atomic E-state index is 0.590. The molecule has 0 saturated heterocycles. The lowest BCUT2D eigenvalue weighted by Crippen LogP contribution is -2.23. The average Bonchev–Trinajstić information content (AvgIpc) is 2.97. The van der Waals surface area contributed by atoms with Gasteiger partial charge < -0.3 is 5.32 Å². The fourth-order valence-electron chi connectivity index (χ4n) is 2.42. The topological polar surface area (TPSA) is 50.7 Å². The van der Waals surface area contributed by atoms with Crippen LogP contribution >= 0.6 is 11.3 Å². The first-order valence-electron chi connectivity index (χ1n) is 7.55. The number of hydrogen-bond acceptors (Lipinski definition) is 5. The molecular formula is C16H24N4S. The zero-order chi connectivity index (χ0) is 15.2.